The normalized spacial score (nSPS) is 18.8. The van der Waals surface area contributed by atoms with E-state index in [0.717, 1.165) is 43.2 Å². The summed E-state index contributed by atoms with van der Waals surface area (Å²) < 4.78 is 5.95. The lowest BCUT2D eigenvalue weighted by Gasteiger charge is -2.27. The van der Waals surface area contributed by atoms with Crippen LogP contribution in [0.1, 0.15) is 59.5 Å². The van der Waals surface area contributed by atoms with Gasteiger partial charge >= 0.3 is 0 Å². The summed E-state index contributed by atoms with van der Waals surface area (Å²) in [6.07, 6.45) is 11.7. The highest BCUT2D eigenvalue weighted by atomic mass is 16.5. The lowest BCUT2D eigenvalue weighted by Crippen LogP contribution is -2.19. The largest absolute Gasteiger partial charge is 0.494 e. The Hall–Kier alpha value is -2.36. The van der Waals surface area contributed by atoms with Gasteiger partial charge in [-0.2, -0.15) is 0 Å². The average molecular weight is 350 g/mol. The Labute approximate surface area is 155 Å². The van der Waals surface area contributed by atoms with Crippen molar-refractivity contribution in [1.29, 1.82) is 0 Å². The molecule has 1 N–H and O–H groups in total. The zero-order chi connectivity index (χ0) is 17.8. The molecule has 0 radical (unpaired) electrons. The van der Waals surface area contributed by atoms with E-state index in [1.165, 1.54) is 43.2 Å². The number of carbonyl (C=O) groups excluding carboxylic acids is 1. The van der Waals surface area contributed by atoms with Crippen LogP contribution in [0.3, 0.4) is 0 Å². The molecule has 1 unspecified atom stereocenters. The van der Waals surface area contributed by atoms with E-state index in [2.05, 4.69) is 28.5 Å². The summed E-state index contributed by atoms with van der Waals surface area (Å²) in [6.45, 7) is 1.66. The first kappa shape index (κ1) is 17.1. The molecule has 2 aliphatic carbocycles. The quantitative estimate of drug-likeness (QED) is 0.707. The van der Waals surface area contributed by atoms with E-state index in [0.29, 0.717) is 11.5 Å². The zero-order valence-electron chi connectivity index (χ0n) is 15.1. The van der Waals surface area contributed by atoms with Crippen LogP contribution in [0.4, 0.5) is 5.69 Å². The number of aryl methyl sites for hydroxylation is 1. The second kappa shape index (κ2) is 7.90. The van der Waals surface area contributed by atoms with Crippen molar-refractivity contribution in [3.8, 4) is 5.75 Å². The van der Waals surface area contributed by atoms with Crippen LogP contribution in [0.25, 0.3) is 0 Å². The Morgan fingerprint density at radius 2 is 2.15 bits per heavy atom. The highest BCUT2D eigenvalue weighted by Crippen LogP contribution is 2.35. The number of aldehydes is 1. The van der Waals surface area contributed by atoms with Gasteiger partial charge < -0.3 is 10.1 Å². The molecule has 0 amide bonds. The topological polar surface area (TPSA) is 51.2 Å². The number of fused-ring (bicyclic) bond motifs is 1. The van der Waals surface area contributed by atoms with Gasteiger partial charge in [0.1, 0.15) is 5.75 Å². The van der Waals surface area contributed by atoms with E-state index in [1.807, 2.05) is 0 Å². The lowest BCUT2D eigenvalue weighted by atomic mass is 9.82. The van der Waals surface area contributed by atoms with Gasteiger partial charge in [0, 0.05) is 24.2 Å². The number of ether oxygens (including phenoxy) is 1. The van der Waals surface area contributed by atoms with Crippen molar-refractivity contribution in [3.05, 3.63) is 53.3 Å². The number of benzene rings is 1. The number of anilines is 1. The van der Waals surface area contributed by atoms with Gasteiger partial charge in [-0.25, -0.2) is 0 Å². The number of nitrogens with one attached hydrogen (secondary N) is 1. The molecular weight excluding hydrogens is 324 g/mol. The SMILES string of the molecule is O=Cc1ccncc1NCC1CCCc2cc(OCCC3CC3)ccc21. The molecule has 0 aliphatic heterocycles. The van der Waals surface area contributed by atoms with Gasteiger partial charge in [-0.05, 0) is 60.9 Å². The molecular formula is C22H26N2O2. The Morgan fingerprint density at radius 1 is 1.23 bits per heavy atom. The molecule has 26 heavy (non-hydrogen) atoms. The van der Waals surface area contributed by atoms with Crippen molar-refractivity contribution >= 4 is 12.0 Å². The molecule has 1 saturated carbocycles. The molecule has 136 valence electrons. The van der Waals surface area contributed by atoms with Crippen molar-refractivity contribution in [1.82, 2.24) is 4.98 Å². The van der Waals surface area contributed by atoms with Crippen molar-refractivity contribution < 1.29 is 9.53 Å². The maximum absolute atomic E-state index is 11.2. The van der Waals surface area contributed by atoms with Crippen molar-refractivity contribution in [3.63, 3.8) is 0 Å². The van der Waals surface area contributed by atoms with Crippen LogP contribution in [0, 0.1) is 5.92 Å². The van der Waals surface area contributed by atoms with Crippen LogP contribution in [-0.4, -0.2) is 24.4 Å². The van der Waals surface area contributed by atoms with Crippen LogP contribution in [0.2, 0.25) is 0 Å². The molecule has 1 fully saturated rings. The first-order valence-corrected chi connectivity index (χ1v) is 9.72. The minimum absolute atomic E-state index is 0.457. The first-order valence-electron chi connectivity index (χ1n) is 9.72. The summed E-state index contributed by atoms with van der Waals surface area (Å²) in [5.41, 5.74) is 4.30. The summed E-state index contributed by atoms with van der Waals surface area (Å²) in [4.78, 5) is 15.3. The van der Waals surface area contributed by atoms with E-state index in [9.17, 15) is 4.79 Å². The minimum atomic E-state index is 0.457. The zero-order valence-corrected chi connectivity index (χ0v) is 15.1. The number of carbonyl (C=O) groups is 1. The van der Waals surface area contributed by atoms with Gasteiger partial charge in [-0.3, -0.25) is 9.78 Å². The summed E-state index contributed by atoms with van der Waals surface area (Å²) in [5.74, 6) is 2.37. The summed E-state index contributed by atoms with van der Waals surface area (Å²) in [6, 6.07) is 8.33. The molecule has 4 rings (SSSR count). The maximum atomic E-state index is 11.2. The summed E-state index contributed by atoms with van der Waals surface area (Å²) in [5, 5.41) is 3.42. The third-order valence-corrected chi connectivity index (χ3v) is 5.57. The smallest absolute Gasteiger partial charge is 0.152 e. The fourth-order valence-electron chi connectivity index (χ4n) is 3.83. The average Bonchev–Trinajstić information content (AvgIpc) is 3.50. The van der Waals surface area contributed by atoms with E-state index in [1.54, 1.807) is 18.5 Å². The first-order chi connectivity index (χ1) is 12.8. The minimum Gasteiger partial charge on any atom is -0.494 e. The van der Waals surface area contributed by atoms with Crippen LogP contribution in [0.5, 0.6) is 5.75 Å². The van der Waals surface area contributed by atoms with Crippen molar-refractivity contribution in [2.45, 2.75) is 44.4 Å². The number of nitrogens with zero attached hydrogens (tertiary/aromatic N) is 1. The molecule has 0 spiro atoms. The third-order valence-electron chi connectivity index (χ3n) is 5.57. The molecule has 1 aromatic heterocycles. The van der Waals surface area contributed by atoms with E-state index >= 15 is 0 Å². The highest BCUT2D eigenvalue weighted by Gasteiger charge is 2.22. The third kappa shape index (κ3) is 4.06. The number of hydrogen-bond acceptors (Lipinski definition) is 4. The molecule has 4 heteroatoms. The standard InChI is InChI=1S/C22H26N2O2/c25-15-19-8-10-23-14-22(19)24-13-18-3-1-2-17-12-20(6-7-21(17)18)26-11-9-16-4-5-16/h6-8,10,12,14-16,18,24H,1-5,9,11,13H2. The number of pyridine rings is 1. The van der Waals surface area contributed by atoms with E-state index in [4.69, 9.17) is 4.74 Å². The van der Waals surface area contributed by atoms with Crippen molar-refractivity contribution in [2.24, 2.45) is 5.92 Å². The van der Waals surface area contributed by atoms with E-state index in [-0.39, 0.29) is 0 Å². The number of aromatic nitrogens is 1. The van der Waals surface area contributed by atoms with Crippen LogP contribution in [-0.2, 0) is 6.42 Å². The van der Waals surface area contributed by atoms with Crippen molar-refractivity contribution in [2.75, 3.05) is 18.5 Å². The van der Waals surface area contributed by atoms with Crippen LogP contribution < -0.4 is 10.1 Å². The Morgan fingerprint density at radius 3 is 3.00 bits per heavy atom. The Balaban J connectivity index is 1.40. The van der Waals surface area contributed by atoms with Gasteiger partial charge in [-0.15, -0.1) is 0 Å². The van der Waals surface area contributed by atoms with Crippen LogP contribution >= 0.6 is 0 Å². The van der Waals surface area contributed by atoms with Gasteiger partial charge in [0.2, 0.25) is 0 Å². The second-order valence-corrected chi connectivity index (χ2v) is 7.49. The van der Waals surface area contributed by atoms with Gasteiger partial charge in [0.05, 0.1) is 18.5 Å². The molecule has 1 heterocycles. The Bertz CT molecular complexity index is 770. The van der Waals surface area contributed by atoms with Gasteiger partial charge in [0.15, 0.2) is 6.29 Å². The number of rotatable bonds is 8. The molecule has 1 aromatic carbocycles. The summed E-state index contributed by atoms with van der Waals surface area (Å²) >= 11 is 0. The molecule has 2 aromatic rings. The number of hydrogen-bond donors (Lipinski definition) is 1. The molecule has 1 atom stereocenters. The van der Waals surface area contributed by atoms with Gasteiger partial charge in [-0.1, -0.05) is 18.9 Å². The monoisotopic (exact) mass is 350 g/mol. The predicted octanol–water partition coefficient (Wildman–Crippen LogP) is 4.61. The molecule has 2 aliphatic rings. The highest BCUT2D eigenvalue weighted by molar-refractivity contribution is 5.83. The predicted molar refractivity (Wildman–Crippen MR) is 103 cm³/mol. The summed E-state index contributed by atoms with van der Waals surface area (Å²) in [7, 11) is 0. The fourth-order valence-corrected chi connectivity index (χ4v) is 3.83. The Kier molecular flexibility index (Phi) is 5.19. The molecule has 0 bridgehead atoms. The lowest BCUT2D eigenvalue weighted by molar-refractivity contribution is 0.112. The fraction of sp³-hybridized carbons (Fsp3) is 0.455. The molecule has 0 saturated heterocycles. The van der Waals surface area contributed by atoms with E-state index < -0.39 is 0 Å². The van der Waals surface area contributed by atoms with Crippen LogP contribution in [0.15, 0.2) is 36.7 Å². The molecule has 4 nitrogen and oxygen atoms in total. The second-order valence-electron chi connectivity index (χ2n) is 7.49. The maximum Gasteiger partial charge on any atom is 0.152 e. The van der Waals surface area contributed by atoms with Gasteiger partial charge in [0.25, 0.3) is 0 Å².